The Bertz CT molecular complexity index is 958. The third kappa shape index (κ3) is 3.20. The van der Waals surface area contributed by atoms with Crippen LogP contribution in [0, 0.1) is 0 Å². The highest BCUT2D eigenvalue weighted by Crippen LogP contribution is 2.26. The molecule has 1 fully saturated rings. The molecule has 1 aromatic heterocycles. The van der Waals surface area contributed by atoms with Crippen LogP contribution >= 0.6 is 0 Å². The van der Waals surface area contributed by atoms with E-state index in [1.807, 2.05) is 54.1 Å². The van der Waals surface area contributed by atoms with Gasteiger partial charge in [0, 0.05) is 35.8 Å². The monoisotopic (exact) mass is 348 g/mol. The molecule has 2 aromatic carbocycles. The summed E-state index contributed by atoms with van der Waals surface area (Å²) in [5, 5.41) is 3.74. The molecule has 5 heteroatoms. The Hall–Kier alpha value is -3.08. The number of amides is 1. The standard InChI is InChI=1S/C21H20N2O3/c1-23-13-17(16-9-5-6-10-18(16)23)21(25)26-19(14-7-3-2-4-8-14)20(24)22-15-11-12-15/h2-10,13,15,19H,11-12H2,1H3,(H,22,24)/t19-/m0/s1. The van der Waals surface area contributed by atoms with Crippen LogP contribution in [-0.2, 0) is 16.6 Å². The van der Waals surface area contributed by atoms with Gasteiger partial charge in [0.1, 0.15) is 0 Å². The summed E-state index contributed by atoms with van der Waals surface area (Å²) in [6.45, 7) is 0. The summed E-state index contributed by atoms with van der Waals surface area (Å²) < 4.78 is 7.55. The zero-order chi connectivity index (χ0) is 18.1. The van der Waals surface area contributed by atoms with Gasteiger partial charge in [-0.3, -0.25) is 4.79 Å². The fourth-order valence-electron chi connectivity index (χ4n) is 3.08. The maximum Gasteiger partial charge on any atom is 0.341 e. The summed E-state index contributed by atoms with van der Waals surface area (Å²) >= 11 is 0. The van der Waals surface area contributed by atoms with Crippen molar-refractivity contribution in [2.75, 3.05) is 0 Å². The van der Waals surface area contributed by atoms with Gasteiger partial charge in [0.25, 0.3) is 5.91 Å². The molecule has 5 nitrogen and oxygen atoms in total. The van der Waals surface area contributed by atoms with Gasteiger partial charge in [0.15, 0.2) is 0 Å². The molecule has 0 saturated heterocycles. The van der Waals surface area contributed by atoms with Gasteiger partial charge in [-0.25, -0.2) is 4.79 Å². The van der Waals surface area contributed by atoms with Crippen LogP contribution in [0.3, 0.4) is 0 Å². The van der Waals surface area contributed by atoms with Gasteiger partial charge in [0.2, 0.25) is 6.10 Å². The van der Waals surface area contributed by atoms with Crippen LogP contribution in [0.25, 0.3) is 10.9 Å². The van der Waals surface area contributed by atoms with Crippen molar-refractivity contribution in [3.8, 4) is 0 Å². The number of fused-ring (bicyclic) bond motifs is 1. The second kappa shape index (κ2) is 6.67. The molecule has 1 amide bonds. The minimum atomic E-state index is -0.955. The molecule has 0 radical (unpaired) electrons. The lowest BCUT2D eigenvalue weighted by molar-refractivity contribution is -0.130. The summed E-state index contributed by atoms with van der Waals surface area (Å²) in [7, 11) is 1.88. The Morgan fingerprint density at radius 1 is 1.08 bits per heavy atom. The highest BCUT2D eigenvalue weighted by molar-refractivity contribution is 6.05. The number of aryl methyl sites for hydroxylation is 1. The van der Waals surface area contributed by atoms with Gasteiger partial charge in [-0.15, -0.1) is 0 Å². The molecular weight excluding hydrogens is 328 g/mol. The maximum absolute atomic E-state index is 12.8. The topological polar surface area (TPSA) is 60.3 Å². The van der Waals surface area contributed by atoms with Gasteiger partial charge in [-0.2, -0.15) is 0 Å². The number of esters is 1. The molecule has 132 valence electrons. The van der Waals surface area contributed by atoms with Crippen LogP contribution in [0.2, 0.25) is 0 Å². The molecular formula is C21H20N2O3. The smallest absolute Gasteiger partial charge is 0.341 e. The van der Waals surface area contributed by atoms with E-state index < -0.39 is 12.1 Å². The summed E-state index contributed by atoms with van der Waals surface area (Å²) in [5.74, 6) is -0.770. The van der Waals surface area contributed by atoms with E-state index in [9.17, 15) is 9.59 Å². The Morgan fingerprint density at radius 3 is 2.50 bits per heavy atom. The minimum absolute atomic E-state index is 0.199. The van der Waals surface area contributed by atoms with Crippen molar-refractivity contribution >= 4 is 22.8 Å². The molecule has 1 atom stereocenters. The molecule has 3 aromatic rings. The van der Waals surface area contributed by atoms with Crippen molar-refractivity contribution in [1.29, 1.82) is 0 Å². The minimum Gasteiger partial charge on any atom is -0.444 e. The SMILES string of the molecule is Cn1cc(C(=O)O[C@H](C(=O)NC2CC2)c2ccccc2)c2ccccc21. The lowest BCUT2D eigenvalue weighted by atomic mass is 10.1. The number of hydrogen-bond donors (Lipinski definition) is 1. The first kappa shape index (κ1) is 16.4. The van der Waals surface area contributed by atoms with Crippen molar-refractivity contribution in [3.05, 3.63) is 71.9 Å². The Morgan fingerprint density at radius 2 is 1.77 bits per heavy atom. The zero-order valence-electron chi connectivity index (χ0n) is 14.5. The Labute approximate surface area is 151 Å². The number of rotatable bonds is 5. The van der Waals surface area contributed by atoms with Crippen LogP contribution in [0.5, 0.6) is 0 Å². The van der Waals surface area contributed by atoms with Crippen molar-refractivity contribution in [3.63, 3.8) is 0 Å². The van der Waals surface area contributed by atoms with E-state index in [2.05, 4.69) is 5.32 Å². The van der Waals surface area contributed by atoms with Crippen molar-refractivity contribution in [2.24, 2.45) is 7.05 Å². The number of para-hydroxylation sites is 1. The molecule has 1 aliphatic rings. The third-order valence-electron chi connectivity index (χ3n) is 4.61. The average molecular weight is 348 g/mol. The van der Waals surface area contributed by atoms with Gasteiger partial charge in [-0.1, -0.05) is 48.5 Å². The number of benzene rings is 2. The number of ether oxygens (including phenoxy) is 1. The number of nitrogens with zero attached hydrogens (tertiary/aromatic N) is 1. The molecule has 26 heavy (non-hydrogen) atoms. The van der Waals surface area contributed by atoms with Gasteiger partial charge >= 0.3 is 5.97 Å². The lowest BCUT2D eigenvalue weighted by Crippen LogP contribution is -2.33. The molecule has 1 saturated carbocycles. The number of aromatic nitrogens is 1. The fraction of sp³-hybridized carbons (Fsp3) is 0.238. The predicted octanol–water partition coefficient (Wildman–Crippen LogP) is 3.36. The first-order chi connectivity index (χ1) is 12.6. The van der Waals surface area contributed by atoms with Crippen LogP contribution in [0.15, 0.2) is 60.8 Å². The number of hydrogen-bond acceptors (Lipinski definition) is 3. The van der Waals surface area contributed by atoms with E-state index in [-0.39, 0.29) is 11.9 Å². The zero-order valence-corrected chi connectivity index (χ0v) is 14.5. The van der Waals surface area contributed by atoms with E-state index in [0.29, 0.717) is 11.1 Å². The van der Waals surface area contributed by atoms with Crippen LogP contribution < -0.4 is 5.32 Å². The first-order valence-electron chi connectivity index (χ1n) is 8.74. The van der Waals surface area contributed by atoms with E-state index >= 15 is 0 Å². The highest BCUT2D eigenvalue weighted by atomic mass is 16.5. The van der Waals surface area contributed by atoms with Crippen LogP contribution in [0.1, 0.15) is 34.9 Å². The molecule has 0 bridgehead atoms. The van der Waals surface area contributed by atoms with Crippen LogP contribution in [-0.4, -0.2) is 22.5 Å². The maximum atomic E-state index is 12.8. The summed E-state index contributed by atoms with van der Waals surface area (Å²) in [4.78, 5) is 25.5. The Balaban J connectivity index is 1.64. The van der Waals surface area contributed by atoms with Gasteiger partial charge in [-0.05, 0) is 18.9 Å². The van der Waals surface area contributed by atoms with Crippen molar-refractivity contribution < 1.29 is 14.3 Å². The molecule has 0 aliphatic heterocycles. The van der Waals surface area contributed by atoms with Crippen molar-refractivity contribution in [1.82, 2.24) is 9.88 Å². The molecule has 1 aliphatic carbocycles. The van der Waals surface area contributed by atoms with Gasteiger partial charge in [0.05, 0.1) is 5.56 Å². The summed E-state index contributed by atoms with van der Waals surface area (Å²) in [6, 6.07) is 17.0. The largest absolute Gasteiger partial charge is 0.444 e. The average Bonchev–Trinajstić information content (AvgIpc) is 3.42. The number of carbonyl (C=O) groups is 2. The molecule has 4 rings (SSSR count). The second-order valence-electron chi connectivity index (χ2n) is 6.65. The van der Waals surface area contributed by atoms with E-state index in [1.165, 1.54) is 0 Å². The molecule has 0 unspecified atom stereocenters. The molecule has 1 N–H and O–H groups in total. The fourth-order valence-corrected chi connectivity index (χ4v) is 3.08. The normalized spacial score (nSPS) is 14.8. The van der Waals surface area contributed by atoms with E-state index in [1.54, 1.807) is 18.3 Å². The summed E-state index contributed by atoms with van der Waals surface area (Å²) in [5.41, 5.74) is 2.07. The number of carbonyl (C=O) groups excluding carboxylic acids is 2. The third-order valence-corrected chi connectivity index (χ3v) is 4.61. The van der Waals surface area contributed by atoms with Crippen molar-refractivity contribution in [2.45, 2.75) is 25.0 Å². The lowest BCUT2D eigenvalue weighted by Gasteiger charge is -2.17. The number of nitrogens with one attached hydrogen (secondary N) is 1. The first-order valence-corrected chi connectivity index (χ1v) is 8.74. The van der Waals surface area contributed by atoms with Crippen LogP contribution in [0.4, 0.5) is 0 Å². The second-order valence-corrected chi connectivity index (χ2v) is 6.65. The van der Waals surface area contributed by atoms with Gasteiger partial charge < -0.3 is 14.6 Å². The molecule has 1 heterocycles. The van der Waals surface area contributed by atoms with E-state index in [0.717, 1.165) is 23.7 Å². The predicted molar refractivity (Wildman–Crippen MR) is 98.7 cm³/mol. The quantitative estimate of drug-likeness (QED) is 0.719. The molecule has 0 spiro atoms. The van der Waals surface area contributed by atoms with E-state index in [4.69, 9.17) is 4.74 Å². The summed E-state index contributed by atoms with van der Waals surface area (Å²) in [6.07, 6.45) is 2.74. The highest BCUT2D eigenvalue weighted by Gasteiger charge is 2.31. The Kier molecular flexibility index (Phi) is 4.21.